The van der Waals surface area contributed by atoms with Gasteiger partial charge in [0.25, 0.3) is 5.91 Å². The number of halogens is 1. The minimum Gasteiger partial charge on any atom is -0.481 e. The average molecular weight is 378 g/mol. The Labute approximate surface area is 161 Å². The number of nitrogens with zero attached hydrogens (tertiary/aromatic N) is 3. The largest absolute Gasteiger partial charge is 0.481 e. The van der Waals surface area contributed by atoms with Crippen molar-refractivity contribution in [1.82, 2.24) is 14.9 Å². The average Bonchev–Trinajstić information content (AvgIpc) is 2.97. The summed E-state index contributed by atoms with van der Waals surface area (Å²) in [6.07, 6.45) is 4.73. The molecule has 0 spiro atoms. The number of methoxy groups -OCH3 is 1. The standard InChI is InChI=1S/C21H19FN4O2/c1-28-20-12(6-3-9-24-20)16-14(22)8-7-13-18(23)17-15(25-19(13)16)10-26(21(17)27)11-4-2-5-11/h3,6-9,11H,2,4-5,10H2,1H3,(H2,23,25). The summed E-state index contributed by atoms with van der Waals surface area (Å²) in [5.41, 5.74) is 9.02. The second-order valence-corrected chi connectivity index (χ2v) is 7.24. The van der Waals surface area contributed by atoms with E-state index in [0.29, 0.717) is 45.8 Å². The number of ether oxygens (including phenoxy) is 1. The molecule has 1 aromatic carbocycles. The second kappa shape index (κ2) is 6.15. The second-order valence-electron chi connectivity index (χ2n) is 7.24. The van der Waals surface area contributed by atoms with E-state index in [0.717, 1.165) is 19.3 Å². The van der Waals surface area contributed by atoms with E-state index in [1.54, 1.807) is 24.4 Å². The highest BCUT2D eigenvalue weighted by Gasteiger charge is 2.38. The van der Waals surface area contributed by atoms with E-state index < -0.39 is 5.82 Å². The molecule has 1 aliphatic heterocycles. The Morgan fingerprint density at radius 3 is 2.79 bits per heavy atom. The highest BCUT2D eigenvalue weighted by Crippen LogP contribution is 2.41. The van der Waals surface area contributed by atoms with Crippen molar-refractivity contribution < 1.29 is 13.9 Å². The lowest BCUT2D eigenvalue weighted by Crippen LogP contribution is -2.40. The van der Waals surface area contributed by atoms with Crippen LogP contribution in [0, 0.1) is 5.82 Å². The molecule has 1 amide bonds. The maximum Gasteiger partial charge on any atom is 0.258 e. The first-order valence-electron chi connectivity index (χ1n) is 9.31. The Hall–Kier alpha value is -3.22. The molecule has 6 nitrogen and oxygen atoms in total. The lowest BCUT2D eigenvalue weighted by Gasteiger charge is -2.34. The van der Waals surface area contributed by atoms with Crippen LogP contribution in [-0.4, -0.2) is 33.9 Å². The molecular formula is C21H19FN4O2. The van der Waals surface area contributed by atoms with Crippen LogP contribution >= 0.6 is 0 Å². The van der Waals surface area contributed by atoms with Gasteiger partial charge < -0.3 is 15.4 Å². The summed E-state index contributed by atoms with van der Waals surface area (Å²) in [7, 11) is 1.49. The Kier molecular flexibility index (Phi) is 3.72. The maximum atomic E-state index is 14.9. The summed E-state index contributed by atoms with van der Waals surface area (Å²) in [6, 6.07) is 6.63. The molecule has 28 heavy (non-hydrogen) atoms. The molecule has 2 N–H and O–H groups in total. The van der Waals surface area contributed by atoms with Gasteiger partial charge in [-0.15, -0.1) is 0 Å². The quantitative estimate of drug-likeness (QED) is 0.754. The highest BCUT2D eigenvalue weighted by atomic mass is 19.1. The molecule has 1 fully saturated rings. The number of hydrogen-bond acceptors (Lipinski definition) is 5. The van der Waals surface area contributed by atoms with Gasteiger partial charge in [-0.05, 0) is 43.5 Å². The molecule has 0 bridgehead atoms. The Bertz CT molecular complexity index is 1130. The fraction of sp³-hybridized carbons (Fsp3) is 0.286. The minimum absolute atomic E-state index is 0.0727. The molecule has 0 saturated heterocycles. The summed E-state index contributed by atoms with van der Waals surface area (Å²) in [4.78, 5) is 23.6. The van der Waals surface area contributed by atoms with Gasteiger partial charge in [0.2, 0.25) is 5.88 Å². The number of fused-ring (bicyclic) bond motifs is 2. The molecule has 2 aromatic heterocycles. The number of amides is 1. The molecule has 0 radical (unpaired) electrons. The fourth-order valence-electron chi connectivity index (χ4n) is 4.10. The van der Waals surface area contributed by atoms with Crippen LogP contribution in [0.5, 0.6) is 5.88 Å². The fourth-order valence-corrected chi connectivity index (χ4v) is 4.10. The molecule has 0 unspecified atom stereocenters. The third-order valence-corrected chi connectivity index (χ3v) is 5.77. The van der Waals surface area contributed by atoms with Crippen LogP contribution in [-0.2, 0) is 6.54 Å². The van der Waals surface area contributed by atoms with Crippen molar-refractivity contribution >= 4 is 22.5 Å². The third-order valence-electron chi connectivity index (χ3n) is 5.77. The zero-order valence-corrected chi connectivity index (χ0v) is 15.4. The summed E-state index contributed by atoms with van der Waals surface area (Å²) in [6.45, 7) is 0.416. The van der Waals surface area contributed by atoms with E-state index >= 15 is 0 Å². The zero-order valence-electron chi connectivity index (χ0n) is 15.4. The SMILES string of the molecule is COc1ncccc1-c1c(F)ccc2c(N)c3c(nc12)CN(C1CCC1)C3=O. The van der Waals surface area contributed by atoms with Crippen LogP contribution < -0.4 is 10.5 Å². The first-order chi connectivity index (χ1) is 13.6. The number of pyridine rings is 2. The van der Waals surface area contributed by atoms with Gasteiger partial charge in [0.05, 0.1) is 36.1 Å². The molecule has 2 aliphatic rings. The minimum atomic E-state index is -0.439. The van der Waals surface area contributed by atoms with Gasteiger partial charge >= 0.3 is 0 Å². The van der Waals surface area contributed by atoms with Gasteiger partial charge in [-0.1, -0.05) is 0 Å². The van der Waals surface area contributed by atoms with E-state index in [1.165, 1.54) is 13.2 Å². The van der Waals surface area contributed by atoms with Crippen LogP contribution in [0.25, 0.3) is 22.0 Å². The van der Waals surface area contributed by atoms with Crippen molar-refractivity contribution in [2.45, 2.75) is 31.8 Å². The van der Waals surface area contributed by atoms with Gasteiger partial charge in [-0.3, -0.25) is 4.79 Å². The van der Waals surface area contributed by atoms with Gasteiger partial charge in [0.1, 0.15) is 5.82 Å². The highest BCUT2D eigenvalue weighted by molar-refractivity contribution is 6.11. The number of nitrogens with two attached hydrogens (primary N) is 1. The number of carbonyl (C=O) groups is 1. The maximum absolute atomic E-state index is 14.9. The number of rotatable bonds is 3. The van der Waals surface area contributed by atoms with Crippen molar-refractivity contribution in [2.24, 2.45) is 0 Å². The van der Waals surface area contributed by atoms with Crippen molar-refractivity contribution in [3.05, 3.63) is 47.5 Å². The molecule has 7 heteroatoms. The summed E-state index contributed by atoms with van der Waals surface area (Å²) < 4.78 is 20.2. The van der Waals surface area contributed by atoms with Crippen molar-refractivity contribution in [2.75, 3.05) is 12.8 Å². The number of hydrogen-bond donors (Lipinski definition) is 1. The van der Waals surface area contributed by atoms with E-state index in [-0.39, 0.29) is 17.5 Å². The first-order valence-corrected chi connectivity index (χ1v) is 9.31. The number of carbonyl (C=O) groups excluding carboxylic acids is 1. The zero-order chi connectivity index (χ0) is 19.4. The molecule has 3 aromatic rings. The molecule has 5 rings (SSSR count). The van der Waals surface area contributed by atoms with Crippen LogP contribution in [0.4, 0.5) is 10.1 Å². The molecule has 1 aliphatic carbocycles. The van der Waals surface area contributed by atoms with Gasteiger partial charge in [0.15, 0.2) is 0 Å². The number of anilines is 1. The molecule has 3 heterocycles. The van der Waals surface area contributed by atoms with Crippen LogP contribution in [0.1, 0.15) is 35.3 Å². The van der Waals surface area contributed by atoms with E-state index in [4.69, 9.17) is 15.5 Å². The van der Waals surface area contributed by atoms with Gasteiger partial charge in [-0.2, -0.15) is 0 Å². The normalized spacial score (nSPS) is 16.4. The third kappa shape index (κ3) is 2.28. The Morgan fingerprint density at radius 1 is 1.25 bits per heavy atom. The predicted molar refractivity (Wildman–Crippen MR) is 103 cm³/mol. The smallest absolute Gasteiger partial charge is 0.258 e. The van der Waals surface area contributed by atoms with E-state index in [1.807, 2.05) is 4.90 Å². The molecule has 1 saturated carbocycles. The van der Waals surface area contributed by atoms with E-state index in [9.17, 15) is 9.18 Å². The summed E-state index contributed by atoms with van der Waals surface area (Å²) in [5, 5.41) is 0.560. The van der Waals surface area contributed by atoms with Gasteiger partial charge in [-0.25, -0.2) is 14.4 Å². The van der Waals surface area contributed by atoms with Crippen LogP contribution in [0.2, 0.25) is 0 Å². The molecule has 0 atom stereocenters. The van der Waals surface area contributed by atoms with Crippen molar-refractivity contribution in [3.63, 3.8) is 0 Å². The first kappa shape index (κ1) is 16.9. The number of nitrogen functional groups attached to an aromatic ring is 1. The van der Waals surface area contributed by atoms with E-state index in [2.05, 4.69) is 4.98 Å². The molecule has 142 valence electrons. The summed E-state index contributed by atoms with van der Waals surface area (Å²) >= 11 is 0. The number of benzene rings is 1. The van der Waals surface area contributed by atoms with Crippen molar-refractivity contribution in [1.29, 1.82) is 0 Å². The van der Waals surface area contributed by atoms with Crippen LogP contribution in [0.15, 0.2) is 30.5 Å². The number of aromatic nitrogens is 2. The van der Waals surface area contributed by atoms with Crippen LogP contribution in [0.3, 0.4) is 0 Å². The summed E-state index contributed by atoms with van der Waals surface area (Å²) in [5.74, 6) is -0.204. The molecular weight excluding hydrogens is 359 g/mol. The Balaban J connectivity index is 1.75. The lowest BCUT2D eigenvalue weighted by molar-refractivity contribution is 0.0606. The predicted octanol–water partition coefficient (Wildman–Crippen LogP) is 3.54. The van der Waals surface area contributed by atoms with Crippen molar-refractivity contribution in [3.8, 4) is 17.0 Å². The van der Waals surface area contributed by atoms with Gasteiger partial charge in [0, 0.05) is 28.8 Å². The Morgan fingerprint density at radius 2 is 2.07 bits per heavy atom. The lowest BCUT2D eigenvalue weighted by atomic mass is 9.92. The topological polar surface area (TPSA) is 81.3 Å². The monoisotopic (exact) mass is 378 g/mol.